The molecule has 3 nitrogen and oxygen atoms in total. The summed E-state index contributed by atoms with van der Waals surface area (Å²) in [5.74, 6) is -0.853. The van der Waals surface area contributed by atoms with Gasteiger partial charge in [0.1, 0.15) is 0 Å². The fourth-order valence-electron chi connectivity index (χ4n) is 1.23. The van der Waals surface area contributed by atoms with Gasteiger partial charge in [-0.25, -0.2) is 4.79 Å². The highest BCUT2D eigenvalue weighted by Gasteiger charge is 2.13. The predicted octanol–water partition coefficient (Wildman–Crippen LogP) is 1.20. The maximum Gasteiger partial charge on any atom is 0.328 e. The molecule has 11 heavy (non-hydrogen) atoms. The topological polar surface area (TPSA) is 46.5 Å². The molecular formula is C8H12O3. The Bertz CT molecular complexity index is 184. The molecule has 1 unspecified atom stereocenters. The van der Waals surface area contributed by atoms with Crippen LogP contribution < -0.4 is 0 Å². The average Bonchev–Trinajstić information content (AvgIpc) is 1.85. The number of aliphatic carboxylic acids is 1. The first-order chi connectivity index (χ1) is 5.18. The summed E-state index contributed by atoms with van der Waals surface area (Å²) >= 11 is 0. The van der Waals surface area contributed by atoms with E-state index < -0.39 is 5.97 Å². The fourth-order valence-corrected chi connectivity index (χ4v) is 1.23. The van der Waals surface area contributed by atoms with Gasteiger partial charge in [-0.05, 0) is 19.8 Å². The van der Waals surface area contributed by atoms with E-state index in [0.717, 1.165) is 18.4 Å². The van der Waals surface area contributed by atoms with Crippen molar-refractivity contribution in [1.29, 1.82) is 0 Å². The Morgan fingerprint density at radius 3 is 3.09 bits per heavy atom. The molecule has 1 N–H and O–H groups in total. The largest absolute Gasteiger partial charge is 0.478 e. The van der Waals surface area contributed by atoms with Gasteiger partial charge in [0.2, 0.25) is 0 Å². The van der Waals surface area contributed by atoms with E-state index in [1.807, 2.05) is 6.92 Å². The summed E-state index contributed by atoms with van der Waals surface area (Å²) in [5.41, 5.74) is 0.983. The Morgan fingerprint density at radius 1 is 1.82 bits per heavy atom. The lowest BCUT2D eigenvalue weighted by molar-refractivity contribution is -0.131. The van der Waals surface area contributed by atoms with Crippen LogP contribution in [0, 0.1) is 0 Å². The maximum atomic E-state index is 10.3. The van der Waals surface area contributed by atoms with Crippen molar-refractivity contribution >= 4 is 5.97 Å². The highest BCUT2D eigenvalue weighted by Crippen LogP contribution is 2.18. The third kappa shape index (κ3) is 2.72. The van der Waals surface area contributed by atoms with Gasteiger partial charge in [0.15, 0.2) is 0 Å². The highest BCUT2D eigenvalue weighted by molar-refractivity contribution is 5.80. The normalized spacial score (nSPS) is 28.8. The molecule has 0 amide bonds. The second-order valence-corrected chi connectivity index (χ2v) is 2.78. The summed E-state index contributed by atoms with van der Waals surface area (Å²) in [5, 5.41) is 8.43. The second kappa shape index (κ2) is 3.53. The molecule has 0 radical (unpaired) electrons. The molecule has 0 saturated carbocycles. The molecule has 0 bridgehead atoms. The van der Waals surface area contributed by atoms with Crippen molar-refractivity contribution in [2.24, 2.45) is 0 Å². The van der Waals surface area contributed by atoms with Gasteiger partial charge in [0, 0.05) is 6.08 Å². The van der Waals surface area contributed by atoms with E-state index in [1.54, 1.807) is 0 Å². The van der Waals surface area contributed by atoms with E-state index in [2.05, 4.69) is 0 Å². The molecule has 62 valence electrons. The first-order valence-corrected chi connectivity index (χ1v) is 3.72. The molecule has 0 aromatic rings. The zero-order valence-electron chi connectivity index (χ0n) is 6.54. The van der Waals surface area contributed by atoms with Crippen LogP contribution in [0.15, 0.2) is 11.6 Å². The number of carboxylic acids is 1. The van der Waals surface area contributed by atoms with Crippen LogP contribution in [0.3, 0.4) is 0 Å². The van der Waals surface area contributed by atoms with Gasteiger partial charge in [-0.1, -0.05) is 5.57 Å². The summed E-state index contributed by atoms with van der Waals surface area (Å²) in [6.45, 7) is 2.61. The first kappa shape index (κ1) is 8.27. The van der Waals surface area contributed by atoms with Gasteiger partial charge in [0.25, 0.3) is 0 Å². The molecule has 0 aromatic carbocycles. The smallest absolute Gasteiger partial charge is 0.328 e. The van der Waals surface area contributed by atoms with Gasteiger partial charge >= 0.3 is 5.97 Å². The summed E-state index contributed by atoms with van der Waals surface area (Å²) in [4.78, 5) is 10.3. The Hall–Kier alpha value is -0.830. The molecular weight excluding hydrogens is 144 g/mol. The Labute approximate surface area is 65.7 Å². The third-order valence-electron chi connectivity index (χ3n) is 1.70. The van der Waals surface area contributed by atoms with Crippen LogP contribution in [0.25, 0.3) is 0 Å². The van der Waals surface area contributed by atoms with Gasteiger partial charge in [-0.2, -0.15) is 0 Å². The molecule has 1 heterocycles. The molecule has 1 aliphatic rings. The van der Waals surface area contributed by atoms with Crippen molar-refractivity contribution in [3.8, 4) is 0 Å². The van der Waals surface area contributed by atoms with Gasteiger partial charge < -0.3 is 9.84 Å². The van der Waals surface area contributed by atoms with E-state index in [9.17, 15) is 4.79 Å². The first-order valence-electron chi connectivity index (χ1n) is 3.72. The zero-order chi connectivity index (χ0) is 8.27. The van der Waals surface area contributed by atoms with Gasteiger partial charge in [-0.15, -0.1) is 0 Å². The van der Waals surface area contributed by atoms with Crippen LogP contribution in [-0.4, -0.2) is 23.8 Å². The quantitative estimate of drug-likeness (QED) is 0.580. The summed E-state index contributed by atoms with van der Waals surface area (Å²) in [6.07, 6.45) is 2.98. The van der Waals surface area contributed by atoms with Crippen molar-refractivity contribution in [3.05, 3.63) is 11.6 Å². The van der Waals surface area contributed by atoms with Crippen molar-refractivity contribution < 1.29 is 14.6 Å². The zero-order valence-corrected chi connectivity index (χ0v) is 6.54. The Balaban J connectivity index is 2.52. The van der Waals surface area contributed by atoms with E-state index >= 15 is 0 Å². The van der Waals surface area contributed by atoms with E-state index in [-0.39, 0.29) is 6.10 Å². The van der Waals surface area contributed by atoms with E-state index in [4.69, 9.17) is 9.84 Å². The van der Waals surface area contributed by atoms with Crippen molar-refractivity contribution in [1.82, 2.24) is 0 Å². The average molecular weight is 156 g/mol. The number of rotatable bonds is 1. The number of carbonyl (C=O) groups is 1. The lowest BCUT2D eigenvalue weighted by Gasteiger charge is -2.20. The number of hydrogen-bond donors (Lipinski definition) is 1. The number of carboxylic acid groups (broad SMARTS) is 1. The molecule has 0 aliphatic carbocycles. The molecule has 0 spiro atoms. The van der Waals surface area contributed by atoms with Crippen molar-refractivity contribution in [2.45, 2.75) is 25.9 Å². The van der Waals surface area contributed by atoms with Crippen LogP contribution in [-0.2, 0) is 9.53 Å². The summed E-state index contributed by atoms with van der Waals surface area (Å²) in [6, 6.07) is 0. The number of hydrogen-bond acceptors (Lipinski definition) is 2. The summed E-state index contributed by atoms with van der Waals surface area (Å²) in [7, 11) is 0. The lowest BCUT2D eigenvalue weighted by Crippen LogP contribution is -2.17. The minimum absolute atomic E-state index is 0.175. The van der Waals surface area contributed by atoms with Crippen LogP contribution >= 0.6 is 0 Å². The second-order valence-electron chi connectivity index (χ2n) is 2.78. The molecule has 1 atom stereocenters. The fraction of sp³-hybridized carbons (Fsp3) is 0.625. The molecule has 1 rings (SSSR count). The van der Waals surface area contributed by atoms with Crippen LogP contribution in [0.5, 0.6) is 0 Å². The number of ether oxygens (including phenoxy) is 1. The Kier molecular flexibility index (Phi) is 2.65. The highest BCUT2D eigenvalue weighted by atomic mass is 16.5. The van der Waals surface area contributed by atoms with Crippen LogP contribution in [0.1, 0.15) is 19.8 Å². The maximum absolute atomic E-state index is 10.3. The SMILES string of the molecule is CC1CC(=CC(=O)O)CCO1. The predicted molar refractivity (Wildman–Crippen MR) is 40.4 cm³/mol. The van der Waals surface area contributed by atoms with Crippen molar-refractivity contribution in [2.75, 3.05) is 6.61 Å². The molecule has 1 saturated heterocycles. The molecule has 1 aliphatic heterocycles. The Morgan fingerprint density at radius 2 is 2.55 bits per heavy atom. The van der Waals surface area contributed by atoms with Crippen LogP contribution in [0.2, 0.25) is 0 Å². The standard InChI is InChI=1S/C8H12O3/c1-6-4-7(2-3-11-6)5-8(9)10/h5-6H,2-4H2,1H3,(H,9,10). The van der Waals surface area contributed by atoms with Crippen LogP contribution in [0.4, 0.5) is 0 Å². The van der Waals surface area contributed by atoms with Crippen molar-refractivity contribution in [3.63, 3.8) is 0 Å². The minimum Gasteiger partial charge on any atom is -0.478 e. The van der Waals surface area contributed by atoms with Gasteiger partial charge in [-0.3, -0.25) is 0 Å². The molecule has 1 fully saturated rings. The monoisotopic (exact) mass is 156 g/mol. The minimum atomic E-state index is -0.853. The lowest BCUT2D eigenvalue weighted by atomic mass is 10.0. The third-order valence-corrected chi connectivity index (χ3v) is 1.70. The molecule has 3 heteroatoms. The summed E-state index contributed by atoms with van der Waals surface area (Å²) < 4.78 is 5.26. The van der Waals surface area contributed by atoms with E-state index in [0.29, 0.717) is 6.61 Å². The molecule has 0 aromatic heterocycles. The van der Waals surface area contributed by atoms with E-state index in [1.165, 1.54) is 6.08 Å². The van der Waals surface area contributed by atoms with Gasteiger partial charge in [0.05, 0.1) is 12.7 Å².